The molecule has 2 rings (SSSR count). The van der Waals surface area contributed by atoms with E-state index in [2.05, 4.69) is 11.9 Å². The molecule has 0 aliphatic carbocycles. The molecule has 19 heavy (non-hydrogen) atoms. The van der Waals surface area contributed by atoms with Crippen LogP contribution in [0.15, 0.2) is 30.6 Å². The molecule has 0 aliphatic rings. The summed E-state index contributed by atoms with van der Waals surface area (Å²) in [6.07, 6.45) is 2.51. The second kappa shape index (κ2) is 5.56. The lowest BCUT2D eigenvalue weighted by molar-refractivity contribution is 0.0521. The molecule has 0 saturated heterocycles. The average molecular weight is 259 g/mol. The first-order valence-electron chi connectivity index (χ1n) is 6.26. The van der Waals surface area contributed by atoms with Crippen molar-refractivity contribution in [3.05, 3.63) is 41.9 Å². The van der Waals surface area contributed by atoms with Crippen LogP contribution in [-0.2, 0) is 11.2 Å². The molecule has 0 radical (unpaired) electrons. The Morgan fingerprint density at radius 1 is 1.32 bits per heavy atom. The zero-order valence-corrected chi connectivity index (χ0v) is 11.1. The lowest BCUT2D eigenvalue weighted by Gasteiger charge is -2.06. The molecule has 0 spiro atoms. The number of ether oxygens (including phenoxy) is 1. The molecule has 2 aromatic rings. The summed E-state index contributed by atoms with van der Waals surface area (Å²) in [6.45, 7) is 4.14. The maximum absolute atomic E-state index is 11.6. The number of carbonyl (C=O) groups is 1. The number of esters is 1. The van der Waals surface area contributed by atoms with Crippen molar-refractivity contribution < 1.29 is 9.53 Å². The predicted molar refractivity (Wildman–Crippen MR) is 73.3 cm³/mol. The number of aryl methyl sites for hydroxylation is 1. The Kier molecular flexibility index (Phi) is 3.85. The highest BCUT2D eigenvalue weighted by atomic mass is 16.5. The summed E-state index contributed by atoms with van der Waals surface area (Å²) in [4.78, 5) is 15.6. The second-order valence-corrected chi connectivity index (χ2v) is 4.09. The van der Waals surface area contributed by atoms with Crippen LogP contribution in [-0.4, -0.2) is 22.1 Å². The summed E-state index contributed by atoms with van der Waals surface area (Å²) in [7, 11) is 0. The number of nitrogens with zero attached hydrogens (tertiary/aromatic N) is 2. The van der Waals surface area contributed by atoms with Crippen LogP contribution in [0.5, 0.6) is 0 Å². The molecule has 1 aromatic carbocycles. The molecule has 2 N–H and O–H groups in total. The van der Waals surface area contributed by atoms with Gasteiger partial charge in [0, 0.05) is 5.69 Å². The Labute approximate surface area is 112 Å². The van der Waals surface area contributed by atoms with Gasteiger partial charge in [-0.3, -0.25) is 4.57 Å². The summed E-state index contributed by atoms with van der Waals surface area (Å²) in [5.74, 6) is -0.202. The maximum atomic E-state index is 11.6. The number of anilines is 1. The summed E-state index contributed by atoms with van der Waals surface area (Å²) in [5.41, 5.74) is 8.21. The quantitative estimate of drug-likeness (QED) is 0.854. The molecule has 0 unspecified atom stereocenters. The molecular weight excluding hydrogens is 242 g/mol. The first-order valence-corrected chi connectivity index (χ1v) is 6.26. The van der Waals surface area contributed by atoms with Gasteiger partial charge < -0.3 is 10.5 Å². The fourth-order valence-corrected chi connectivity index (χ4v) is 1.81. The van der Waals surface area contributed by atoms with E-state index in [0.717, 1.165) is 12.1 Å². The average Bonchev–Trinajstić information content (AvgIpc) is 2.81. The van der Waals surface area contributed by atoms with E-state index in [4.69, 9.17) is 10.5 Å². The van der Waals surface area contributed by atoms with Gasteiger partial charge in [0.2, 0.25) is 0 Å². The zero-order valence-electron chi connectivity index (χ0n) is 11.1. The molecule has 1 aromatic heterocycles. The SMILES string of the molecule is CCOC(=O)c1ncn(-c2ccc(CC)cc2)c1N. The Morgan fingerprint density at radius 2 is 2.00 bits per heavy atom. The number of nitrogens with two attached hydrogens (primary N) is 1. The van der Waals surface area contributed by atoms with Crippen LogP contribution >= 0.6 is 0 Å². The van der Waals surface area contributed by atoms with Crippen molar-refractivity contribution in [2.75, 3.05) is 12.3 Å². The highest BCUT2D eigenvalue weighted by Gasteiger charge is 2.17. The number of hydrogen-bond donors (Lipinski definition) is 1. The number of benzene rings is 1. The Bertz CT molecular complexity index is 573. The van der Waals surface area contributed by atoms with Crippen molar-refractivity contribution in [3.63, 3.8) is 0 Å². The maximum Gasteiger partial charge on any atom is 0.360 e. The lowest BCUT2D eigenvalue weighted by Crippen LogP contribution is -2.09. The van der Waals surface area contributed by atoms with Gasteiger partial charge in [-0.1, -0.05) is 19.1 Å². The Hall–Kier alpha value is -2.30. The number of rotatable bonds is 4. The molecule has 5 nitrogen and oxygen atoms in total. The molecule has 1 heterocycles. The molecular formula is C14H17N3O2. The second-order valence-electron chi connectivity index (χ2n) is 4.09. The molecule has 0 amide bonds. The lowest BCUT2D eigenvalue weighted by atomic mass is 10.1. The molecule has 0 fully saturated rings. The number of nitrogen functional groups attached to an aromatic ring is 1. The van der Waals surface area contributed by atoms with E-state index in [1.807, 2.05) is 24.3 Å². The van der Waals surface area contributed by atoms with Crippen LogP contribution in [0, 0.1) is 0 Å². The van der Waals surface area contributed by atoms with E-state index >= 15 is 0 Å². The number of carbonyl (C=O) groups excluding carboxylic acids is 1. The normalized spacial score (nSPS) is 10.4. The Balaban J connectivity index is 2.32. The summed E-state index contributed by atoms with van der Waals surface area (Å²) >= 11 is 0. The van der Waals surface area contributed by atoms with Crippen LogP contribution < -0.4 is 5.73 Å². The van der Waals surface area contributed by atoms with Crippen molar-refractivity contribution in [2.45, 2.75) is 20.3 Å². The molecule has 0 saturated carbocycles. The van der Waals surface area contributed by atoms with Crippen LogP contribution in [0.4, 0.5) is 5.82 Å². The van der Waals surface area contributed by atoms with Crippen LogP contribution in [0.25, 0.3) is 5.69 Å². The third-order valence-electron chi connectivity index (χ3n) is 2.90. The van der Waals surface area contributed by atoms with Gasteiger partial charge in [0.1, 0.15) is 12.1 Å². The van der Waals surface area contributed by atoms with E-state index in [9.17, 15) is 4.79 Å². The van der Waals surface area contributed by atoms with E-state index < -0.39 is 5.97 Å². The first-order chi connectivity index (χ1) is 9.17. The monoisotopic (exact) mass is 259 g/mol. The van der Waals surface area contributed by atoms with Crippen molar-refractivity contribution in [2.24, 2.45) is 0 Å². The number of aromatic nitrogens is 2. The molecule has 0 atom stereocenters. The highest BCUT2D eigenvalue weighted by molar-refractivity contribution is 5.92. The van der Waals surface area contributed by atoms with Crippen molar-refractivity contribution in [1.82, 2.24) is 9.55 Å². The summed E-state index contributed by atoms with van der Waals surface area (Å²) in [6, 6.07) is 7.95. The Morgan fingerprint density at radius 3 is 2.58 bits per heavy atom. The molecule has 5 heteroatoms. The van der Waals surface area contributed by atoms with Gasteiger partial charge in [-0.2, -0.15) is 0 Å². The fourth-order valence-electron chi connectivity index (χ4n) is 1.81. The van der Waals surface area contributed by atoms with E-state index in [-0.39, 0.29) is 5.69 Å². The van der Waals surface area contributed by atoms with Gasteiger partial charge in [-0.25, -0.2) is 9.78 Å². The predicted octanol–water partition coefficient (Wildman–Crippen LogP) is 2.19. The third-order valence-corrected chi connectivity index (χ3v) is 2.90. The summed E-state index contributed by atoms with van der Waals surface area (Å²) in [5, 5.41) is 0. The van der Waals surface area contributed by atoms with Crippen molar-refractivity contribution in [1.29, 1.82) is 0 Å². The van der Waals surface area contributed by atoms with Crippen LogP contribution in [0.1, 0.15) is 29.9 Å². The molecule has 0 bridgehead atoms. The van der Waals surface area contributed by atoms with Gasteiger partial charge >= 0.3 is 5.97 Å². The summed E-state index contributed by atoms with van der Waals surface area (Å²) < 4.78 is 6.57. The largest absolute Gasteiger partial charge is 0.461 e. The highest BCUT2D eigenvalue weighted by Crippen LogP contribution is 2.18. The first kappa shape index (κ1) is 13.1. The van der Waals surface area contributed by atoms with Gasteiger partial charge in [-0.05, 0) is 31.0 Å². The standard InChI is InChI=1S/C14H17N3O2/c1-3-10-5-7-11(8-6-10)17-9-16-12(13(17)15)14(18)19-4-2/h5-9H,3-4,15H2,1-2H3. The van der Waals surface area contributed by atoms with Gasteiger partial charge in [0.15, 0.2) is 5.69 Å². The van der Waals surface area contributed by atoms with Crippen molar-refractivity contribution >= 4 is 11.8 Å². The van der Waals surface area contributed by atoms with Crippen LogP contribution in [0.2, 0.25) is 0 Å². The minimum atomic E-state index is -0.496. The number of hydrogen-bond acceptors (Lipinski definition) is 4. The smallest absolute Gasteiger partial charge is 0.360 e. The van der Waals surface area contributed by atoms with E-state index in [0.29, 0.717) is 12.4 Å². The van der Waals surface area contributed by atoms with E-state index in [1.165, 1.54) is 11.9 Å². The molecule has 0 aliphatic heterocycles. The minimum absolute atomic E-state index is 0.154. The fraction of sp³-hybridized carbons (Fsp3) is 0.286. The topological polar surface area (TPSA) is 70.1 Å². The zero-order chi connectivity index (χ0) is 13.8. The molecule has 100 valence electrons. The number of imidazole rings is 1. The van der Waals surface area contributed by atoms with Crippen molar-refractivity contribution in [3.8, 4) is 5.69 Å². The van der Waals surface area contributed by atoms with Gasteiger partial charge in [0.05, 0.1) is 6.61 Å². The minimum Gasteiger partial charge on any atom is -0.461 e. The third kappa shape index (κ3) is 2.59. The van der Waals surface area contributed by atoms with Crippen LogP contribution in [0.3, 0.4) is 0 Å². The van der Waals surface area contributed by atoms with Gasteiger partial charge in [0.25, 0.3) is 0 Å². The van der Waals surface area contributed by atoms with E-state index in [1.54, 1.807) is 11.5 Å². The van der Waals surface area contributed by atoms with Gasteiger partial charge in [-0.15, -0.1) is 0 Å².